The molecule has 0 aliphatic carbocycles. The molecule has 0 amide bonds. The highest BCUT2D eigenvalue weighted by atomic mass is 35.5. The van der Waals surface area contributed by atoms with Gasteiger partial charge in [0.05, 0.1) is 0 Å². The third kappa shape index (κ3) is 4.90. The quantitative estimate of drug-likeness (QED) is 0.123. The number of nitrogens with zero attached hydrogens (tertiary/aromatic N) is 3. The van der Waals surface area contributed by atoms with E-state index in [1.54, 1.807) is 0 Å². The number of nitrogens with one attached hydrogen (secondary N) is 3. The van der Waals surface area contributed by atoms with Gasteiger partial charge in [-0.3, -0.25) is 10.8 Å². The minimum atomic E-state index is -0.485. The Balaban J connectivity index is 3.74. The van der Waals surface area contributed by atoms with Crippen LogP contribution in [0.15, 0.2) is 10.4 Å². The molecule has 0 aliphatic rings. The lowest BCUT2D eigenvalue weighted by atomic mass is 11.1. The van der Waals surface area contributed by atoms with Crippen LogP contribution in [0.3, 0.4) is 0 Å². The van der Waals surface area contributed by atoms with E-state index >= 15 is 0 Å². The maximum absolute atomic E-state index is 6.69. The fraction of sp³-hybridized carbons (Fsp3) is 0. The molecule has 0 atom stereocenters. The third-order valence-corrected chi connectivity index (χ3v) is 0.742. The van der Waals surface area contributed by atoms with Gasteiger partial charge in [-0.15, -0.1) is 4.53 Å². The second-order valence-corrected chi connectivity index (χ2v) is 1.68. The zero-order valence-corrected chi connectivity index (χ0v) is 6.13. The number of rotatable bonds is 2. The van der Waals surface area contributed by atoms with Crippen LogP contribution in [0, 0.1) is 10.8 Å². The number of hydrogen-bond donors (Lipinski definition) is 5. The van der Waals surface area contributed by atoms with E-state index in [0.29, 0.717) is 4.53 Å². The summed E-state index contributed by atoms with van der Waals surface area (Å²) in [6.45, 7) is 0. The lowest BCUT2D eigenvalue weighted by Gasteiger charge is -2.01. The van der Waals surface area contributed by atoms with Gasteiger partial charge in [0, 0.05) is 11.8 Å². The largest absolute Gasteiger partial charge is 0.369 e. The van der Waals surface area contributed by atoms with Gasteiger partial charge in [-0.05, 0) is 10.4 Å². The van der Waals surface area contributed by atoms with Gasteiger partial charge in [0.15, 0.2) is 0 Å². The summed E-state index contributed by atoms with van der Waals surface area (Å²) in [5.41, 5.74) is 11.7. The highest BCUT2D eigenvalue weighted by Gasteiger charge is 1.97. The molecule has 0 fully saturated rings. The van der Waals surface area contributed by atoms with Crippen molar-refractivity contribution in [3.05, 3.63) is 0 Å². The van der Waals surface area contributed by atoms with E-state index in [1.165, 1.54) is 0 Å². The molecule has 0 spiro atoms. The molecule has 0 unspecified atom stereocenters. The van der Waals surface area contributed by atoms with Gasteiger partial charge in [0.1, 0.15) is 0 Å². The first kappa shape index (κ1) is 9.43. The van der Waals surface area contributed by atoms with E-state index in [-0.39, 0.29) is 5.96 Å². The fourth-order valence-corrected chi connectivity index (χ4v) is 0.197. The number of hydrogen-bond acceptors (Lipinski definition) is 4. The molecular formula is C2H7ClN8. The average Bonchev–Trinajstić information content (AvgIpc) is 1.86. The number of guanidine groups is 2. The maximum atomic E-state index is 6.69. The van der Waals surface area contributed by atoms with Gasteiger partial charge in [0.2, 0.25) is 11.9 Å². The predicted octanol–water partition coefficient (Wildman–Crippen LogP) is -0.899. The summed E-state index contributed by atoms with van der Waals surface area (Å²) in [6, 6.07) is 0. The van der Waals surface area contributed by atoms with Crippen molar-refractivity contribution in [2.45, 2.75) is 0 Å². The SMILES string of the molecule is N=C(N)N/N=N/N(Cl)C(=N)N. The molecule has 0 bridgehead atoms. The van der Waals surface area contributed by atoms with Crippen molar-refractivity contribution in [3.8, 4) is 0 Å². The minimum Gasteiger partial charge on any atom is -0.369 e. The molecule has 0 saturated carbocycles. The summed E-state index contributed by atoms with van der Waals surface area (Å²) < 4.78 is 0.482. The third-order valence-electron chi connectivity index (χ3n) is 0.492. The molecule has 0 aromatic rings. The summed E-state index contributed by atoms with van der Waals surface area (Å²) in [4.78, 5) is 0. The minimum absolute atomic E-state index is 0.387. The molecule has 11 heavy (non-hydrogen) atoms. The standard InChI is InChI=1S/C2H7ClN8/c3-11(2(6)7)10-9-8-1(4)5/h(H3,6,7)(H4,4,5,8,10). The van der Waals surface area contributed by atoms with E-state index < -0.39 is 5.96 Å². The van der Waals surface area contributed by atoms with Gasteiger partial charge < -0.3 is 11.5 Å². The average molecular weight is 179 g/mol. The Bertz CT molecular complexity index is 185. The first-order chi connectivity index (χ1) is 5.04. The lowest BCUT2D eigenvalue weighted by Crippen LogP contribution is -2.27. The molecule has 0 heterocycles. The summed E-state index contributed by atoms with van der Waals surface area (Å²) in [6.07, 6.45) is 0. The molecule has 0 aliphatic heterocycles. The Labute approximate surface area is 67.3 Å². The lowest BCUT2D eigenvalue weighted by molar-refractivity contribution is 0.606. The van der Waals surface area contributed by atoms with Gasteiger partial charge >= 0.3 is 0 Å². The first-order valence-electron chi connectivity index (χ1n) is 2.34. The van der Waals surface area contributed by atoms with Gasteiger partial charge in [0.25, 0.3) is 0 Å². The van der Waals surface area contributed by atoms with Crippen molar-refractivity contribution in [1.82, 2.24) is 9.95 Å². The first-order valence-corrected chi connectivity index (χ1v) is 2.68. The molecule has 0 saturated heterocycles. The Morgan fingerprint density at radius 2 is 2.00 bits per heavy atom. The predicted molar refractivity (Wildman–Crippen MR) is 39.5 cm³/mol. The highest BCUT2D eigenvalue weighted by molar-refractivity contribution is 6.20. The Morgan fingerprint density at radius 3 is 2.36 bits per heavy atom. The van der Waals surface area contributed by atoms with Gasteiger partial charge in [-0.1, -0.05) is 0 Å². The van der Waals surface area contributed by atoms with Crippen molar-refractivity contribution in [2.75, 3.05) is 0 Å². The molecular weight excluding hydrogens is 172 g/mol. The van der Waals surface area contributed by atoms with Crippen molar-refractivity contribution in [1.29, 1.82) is 10.8 Å². The zero-order chi connectivity index (χ0) is 8.85. The zero-order valence-electron chi connectivity index (χ0n) is 5.37. The maximum Gasteiger partial charge on any atom is 0.227 e. The van der Waals surface area contributed by atoms with Crippen LogP contribution in [0.5, 0.6) is 0 Å². The molecule has 9 heteroatoms. The molecule has 8 nitrogen and oxygen atoms in total. The fourth-order valence-electron chi connectivity index (χ4n) is 0.164. The van der Waals surface area contributed by atoms with E-state index in [0.717, 1.165) is 0 Å². The van der Waals surface area contributed by atoms with Crippen molar-refractivity contribution < 1.29 is 0 Å². The van der Waals surface area contributed by atoms with Crippen LogP contribution < -0.4 is 16.9 Å². The normalized spacial score (nSPS) is 9.55. The Morgan fingerprint density at radius 1 is 1.45 bits per heavy atom. The number of nitrogens with two attached hydrogens (primary N) is 2. The second-order valence-electron chi connectivity index (χ2n) is 1.36. The molecule has 0 aromatic heterocycles. The van der Waals surface area contributed by atoms with E-state index in [9.17, 15) is 0 Å². The smallest absolute Gasteiger partial charge is 0.227 e. The Kier molecular flexibility index (Phi) is 3.67. The van der Waals surface area contributed by atoms with Gasteiger partial charge in [-0.2, -0.15) is 0 Å². The topological polar surface area (TPSA) is 140 Å². The van der Waals surface area contributed by atoms with E-state index in [1.807, 2.05) is 5.43 Å². The van der Waals surface area contributed by atoms with Crippen LogP contribution in [0.1, 0.15) is 0 Å². The monoisotopic (exact) mass is 178 g/mol. The second kappa shape index (κ2) is 4.28. The summed E-state index contributed by atoms with van der Waals surface area (Å²) in [5.74, 6) is -0.872. The number of halogens is 1. The van der Waals surface area contributed by atoms with Crippen LogP contribution in [-0.4, -0.2) is 16.4 Å². The van der Waals surface area contributed by atoms with Crippen LogP contribution in [0.4, 0.5) is 0 Å². The van der Waals surface area contributed by atoms with Crippen LogP contribution in [-0.2, 0) is 0 Å². The van der Waals surface area contributed by atoms with Crippen molar-refractivity contribution in [2.24, 2.45) is 21.9 Å². The Hall–Kier alpha value is -1.57. The molecule has 0 rings (SSSR count). The van der Waals surface area contributed by atoms with Crippen LogP contribution in [0.2, 0.25) is 0 Å². The van der Waals surface area contributed by atoms with E-state index in [2.05, 4.69) is 10.4 Å². The summed E-state index contributed by atoms with van der Waals surface area (Å²) >= 11 is 5.17. The highest BCUT2D eigenvalue weighted by Crippen LogP contribution is 1.91. The van der Waals surface area contributed by atoms with Crippen molar-refractivity contribution >= 4 is 23.7 Å². The van der Waals surface area contributed by atoms with Crippen LogP contribution in [0.25, 0.3) is 0 Å². The van der Waals surface area contributed by atoms with Crippen molar-refractivity contribution in [3.63, 3.8) is 0 Å². The molecule has 62 valence electrons. The molecule has 0 radical (unpaired) electrons. The molecule has 7 N–H and O–H groups in total. The molecule has 0 aromatic carbocycles. The van der Waals surface area contributed by atoms with Crippen LogP contribution >= 0.6 is 11.8 Å². The van der Waals surface area contributed by atoms with E-state index in [4.69, 9.17) is 34.1 Å². The summed E-state index contributed by atoms with van der Waals surface area (Å²) in [5, 5.41) is 19.5. The summed E-state index contributed by atoms with van der Waals surface area (Å²) in [7, 11) is 0. The van der Waals surface area contributed by atoms with Gasteiger partial charge in [-0.25, -0.2) is 5.43 Å².